The van der Waals surface area contributed by atoms with Crippen LogP contribution in [0.5, 0.6) is 0 Å². The van der Waals surface area contributed by atoms with Crippen molar-refractivity contribution in [3.8, 4) is 0 Å². The SMILES string of the molecule is CCN1C(=O)/C(=C\c2ccc(Br)cc2)SC1=Nc1ccc(C)cc1. The fraction of sp³-hybridized carbons (Fsp3) is 0.158. The Kier molecular flexibility index (Phi) is 5.21. The summed E-state index contributed by atoms with van der Waals surface area (Å²) in [5.74, 6) is 0.0104. The normalized spacial score (nSPS) is 18.0. The van der Waals surface area contributed by atoms with Crippen molar-refractivity contribution in [2.24, 2.45) is 4.99 Å². The van der Waals surface area contributed by atoms with Gasteiger partial charge in [-0.25, -0.2) is 4.99 Å². The van der Waals surface area contributed by atoms with E-state index in [1.807, 2.05) is 68.5 Å². The van der Waals surface area contributed by atoms with Crippen LogP contribution in [-0.4, -0.2) is 22.5 Å². The van der Waals surface area contributed by atoms with Crippen LogP contribution >= 0.6 is 27.7 Å². The molecule has 0 atom stereocenters. The van der Waals surface area contributed by atoms with Gasteiger partial charge in [0.2, 0.25) is 0 Å². The van der Waals surface area contributed by atoms with E-state index in [0.29, 0.717) is 11.4 Å². The Morgan fingerprint density at radius 3 is 2.42 bits per heavy atom. The Balaban J connectivity index is 1.91. The standard InChI is InChI=1S/C19H17BrN2OS/c1-3-22-18(23)17(12-14-6-8-15(20)9-7-14)24-19(22)21-16-10-4-13(2)5-11-16/h4-12H,3H2,1-2H3/b17-12+,21-19?. The maximum Gasteiger partial charge on any atom is 0.266 e. The van der Waals surface area contributed by atoms with Gasteiger partial charge in [-0.3, -0.25) is 9.69 Å². The van der Waals surface area contributed by atoms with Crippen LogP contribution in [0.15, 0.2) is 62.9 Å². The van der Waals surface area contributed by atoms with Gasteiger partial charge in [0.15, 0.2) is 5.17 Å². The molecule has 2 aromatic rings. The van der Waals surface area contributed by atoms with E-state index in [0.717, 1.165) is 20.9 Å². The van der Waals surface area contributed by atoms with Crippen LogP contribution < -0.4 is 0 Å². The van der Waals surface area contributed by atoms with Crippen molar-refractivity contribution in [1.29, 1.82) is 0 Å². The lowest BCUT2D eigenvalue weighted by Crippen LogP contribution is -2.28. The summed E-state index contributed by atoms with van der Waals surface area (Å²) >= 11 is 4.85. The average Bonchev–Trinajstić information content (AvgIpc) is 2.86. The predicted molar refractivity (Wildman–Crippen MR) is 105 cm³/mol. The van der Waals surface area contributed by atoms with E-state index < -0.39 is 0 Å². The molecular weight excluding hydrogens is 384 g/mol. The molecule has 1 amide bonds. The van der Waals surface area contributed by atoms with E-state index in [9.17, 15) is 4.79 Å². The summed E-state index contributed by atoms with van der Waals surface area (Å²) in [4.78, 5) is 19.7. The van der Waals surface area contributed by atoms with Crippen LogP contribution in [0.3, 0.4) is 0 Å². The van der Waals surface area contributed by atoms with Gasteiger partial charge in [0.1, 0.15) is 0 Å². The number of nitrogens with zero attached hydrogens (tertiary/aromatic N) is 2. The monoisotopic (exact) mass is 400 g/mol. The fourth-order valence-corrected chi connectivity index (χ4v) is 3.64. The minimum Gasteiger partial charge on any atom is -0.287 e. The molecule has 1 aliphatic heterocycles. The summed E-state index contributed by atoms with van der Waals surface area (Å²) in [5, 5.41) is 0.731. The lowest BCUT2D eigenvalue weighted by atomic mass is 10.2. The summed E-state index contributed by atoms with van der Waals surface area (Å²) in [6, 6.07) is 15.9. The topological polar surface area (TPSA) is 32.7 Å². The Morgan fingerprint density at radius 2 is 1.79 bits per heavy atom. The molecule has 2 aromatic carbocycles. The second-order valence-electron chi connectivity index (χ2n) is 5.44. The van der Waals surface area contributed by atoms with E-state index in [-0.39, 0.29) is 5.91 Å². The number of aliphatic imine (C=N–C) groups is 1. The van der Waals surface area contributed by atoms with Crippen LogP contribution in [-0.2, 0) is 4.79 Å². The number of amides is 1. The highest BCUT2D eigenvalue weighted by molar-refractivity contribution is 9.10. The molecule has 0 aromatic heterocycles. The molecule has 1 heterocycles. The summed E-state index contributed by atoms with van der Waals surface area (Å²) in [5.41, 5.74) is 3.05. The predicted octanol–water partition coefficient (Wildman–Crippen LogP) is 5.38. The smallest absolute Gasteiger partial charge is 0.266 e. The van der Waals surface area contributed by atoms with Gasteiger partial charge < -0.3 is 0 Å². The zero-order valence-corrected chi connectivity index (χ0v) is 15.9. The molecule has 0 bridgehead atoms. The van der Waals surface area contributed by atoms with Crippen molar-refractivity contribution < 1.29 is 4.79 Å². The lowest BCUT2D eigenvalue weighted by molar-refractivity contribution is -0.122. The van der Waals surface area contributed by atoms with Crippen LogP contribution in [0, 0.1) is 6.92 Å². The van der Waals surface area contributed by atoms with Gasteiger partial charge in [-0.2, -0.15) is 0 Å². The van der Waals surface area contributed by atoms with E-state index in [1.54, 1.807) is 4.90 Å². The Bertz CT molecular complexity index is 810. The Hall–Kier alpha value is -1.85. The van der Waals surface area contributed by atoms with Gasteiger partial charge >= 0.3 is 0 Å². The van der Waals surface area contributed by atoms with E-state index in [1.165, 1.54) is 17.3 Å². The number of rotatable bonds is 3. The fourth-order valence-electron chi connectivity index (χ4n) is 2.31. The summed E-state index contributed by atoms with van der Waals surface area (Å²) in [6.45, 7) is 4.61. The zero-order valence-electron chi connectivity index (χ0n) is 13.5. The summed E-state index contributed by atoms with van der Waals surface area (Å²) < 4.78 is 1.02. The van der Waals surface area contributed by atoms with Gasteiger partial charge in [-0.1, -0.05) is 45.8 Å². The van der Waals surface area contributed by atoms with Gasteiger partial charge in [0.25, 0.3) is 5.91 Å². The summed E-state index contributed by atoms with van der Waals surface area (Å²) in [7, 11) is 0. The van der Waals surface area contributed by atoms with Gasteiger partial charge in [0, 0.05) is 11.0 Å². The zero-order chi connectivity index (χ0) is 17.1. The molecule has 1 fully saturated rings. The highest BCUT2D eigenvalue weighted by Crippen LogP contribution is 2.34. The number of carbonyl (C=O) groups is 1. The molecule has 5 heteroatoms. The van der Waals surface area contributed by atoms with Crippen molar-refractivity contribution in [1.82, 2.24) is 4.90 Å². The van der Waals surface area contributed by atoms with Gasteiger partial charge in [0.05, 0.1) is 10.6 Å². The molecule has 3 nitrogen and oxygen atoms in total. The third-order valence-electron chi connectivity index (χ3n) is 3.63. The number of amidine groups is 1. The summed E-state index contributed by atoms with van der Waals surface area (Å²) in [6.07, 6.45) is 1.92. The van der Waals surface area contributed by atoms with Crippen molar-refractivity contribution in [2.45, 2.75) is 13.8 Å². The number of likely N-dealkylation sites (N-methyl/N-ethyl adjacent to an activating group) is 1. The van der Waals surface area contributed by atoms with Crippen LogP contribution in [0.1, 0.15) is 18.1 Å². The maximum absolute atomic E-state index is 12.6. The minimum atomic E-state index is 0.0104. The third-order valence-corrected chi connectivity index (χ3v) is 5.17. The molecule has 1 saturated heterocycles. The highest BCUT2D eigenvalue weighted by Gasteiger charge is 2.32. The molecule has 24 heavy (non-hydrogen) atoms. The molecule has 122 valence electrons. The number of aryl methyl sites for hydroxylation is 1. The highest BCUT2D eigenvalue weighted by atomic mass is 79.9. The molecule has 0 saturated carbocycles. The molecule has 0 radical (unpaired) electrons. The van der Waals surface area contributed by atoms with Crippen molar-refractivity contribution in [2.75, 3.05) is 6.54 Å². The molecular formula is C19H17BrN2OS. The first-order valence-corrected chi connectivity index (χ1v) is 9.30. The number of hydrogen-bond acceptors (Lipinski definition) is 3. The lowest BCUT2D eigenvalue weighted by Gasteiger charge is -2.12. The first-order valence-electron chi connectivity index (χ1n) is 7.69. The molecule has 0 unspecified atom stereocenters. The molecule has 3 rings (SSSR count). The number of benzene rings is 2. The molecule has 0 N–H and O–H groups in total. The van der Waals surface area contributed by atoms with E-state index in [2.05, 4.69) is 20.9 Å². The first-order chi connectivity index (χ1) is 11.6. The average molecular weight is 401 g/mol. The van der Waals surface area contributed by atoms with Gasteiger partial charge in [-0.05, 0) is 61.5 Å². The number of thioether (sulfide) groups is 1. The van der Waals surface area contributed by atoms with Crippen molar-refractivity contribution in [3.05, 3.63) is 69.0 Å². The van der Waals surface area contributed by atoms with Crippen LogP contribution in [0.4, 0.5) is 5.69 Å². The maximum atomic E-state index is 12.6. The van der Waals surface area contributed by atoms with Crippen LogP contribution in [0.2, 0.25) is 0 Å². The van der Waals surface area contributed by atoms with Crippen molar-refractivity contribution >= 4 is 50.5 Å². The molecule has 1 aliphatic rings. The quantitative estimate of drug-likeness (QED) is 0.647. The van der Waals surface area contributed by atoms with Gasteiger partial charge in [-0.15, -0.1) is 0 Å². The third kappa shape index (κ3) is 3.79. The number of halogens is 1. The molecule has 0 spiro atoms. The van der Waals surface area contributed by atoms with Crippen molar-refractivity contribution in [3.63, 3.8) is 0 Å². The second-order valence-corrected chi connectivity index (χ2v) is 7.37. The number of hydrogen-bond donors (Lipinski definition) is 0. The number of carbonyl (C=O) groups excluding carboxylic acids is 1. The first kappa shape index (κ1) is 17.0. The van der Waals surface area contributed by atoms with E-state index in [4.69, 9.17) is 0 Å². The van der Waals surface area contributed by atoms with E-state index >= 15 is 0 Å². The Labute approximate surface area is 154 Å². The van der Waals surface area contributed by atoms with Crippen LogP contribution in [0.25, 0.3) is 6.08 Å². The Morgan fingerprint density at radius 1 is 1.12 bits per heavy atom. The largest absolute Gasteiger partial charge is 0.287 e. The minimum absolute atomic E-state index is 0.0104. The second kappa shape index (κ2) is 7.36. The molecule has 0 aliphatic carbocycles.